The monoisotopic (exact) mass is 406 g/mol. The number of amides is 1. The molecular formula is C20H26N2O7. The van der Waals surface area contributed by atoms with E-state index in [1.165, 1.54) is 6.42 Å². The quantitative estimate of drug-likeness (QED) is 0.394. The average molecular weight is 406 g/mol. The molecule has 5 rings (SSSR count). The van der Waals surface area contributed by atoms with Crippen molar-refractivity contribution in [1.29, 1.82) is 0 Å². The fraction of sp³-hybridized carbons (Fsp3) is 0.650. The van der Waals surface area contributed by atoms with E-state index < -0.39 is 42.2 Å². The molecule has 2 heterocycles. The minimum Gasteiger partial charge on any atom is -0.504 e. The lowest BCUT2D eigenvalue weighted by Crippen LogP contribution is -2.70. The summed E-state index contributed by atoms with van der Waals surface area (Å²) in [6.45, 7) is -0.0603. The third-order valence-corrected chi connectivity index (χ3v) is 6.80. The van der Waals surface area contributed by atoms with Crippen molar-refractivity contribution in [2.75, 3.05) is 6.79 Å². The number of aliphatic hydroxyl groups excluding tert-OH is 3. The standard InChI is InChI=1S/C20H26N2O7/c23-15-12-9(6-10-19(15)29-7-28-10)11-13(21-8-4-2-1-3-5-8)16(24)18(26)17(25)14(11)22-20(12)27/h6,8,11,13-14,16-18,21,23-26H,1-5,7H2,(H,22,27)/t11-,13+,14+,16-,17?,18+/m0/s1. The number of carbonyl (C=O) groups excluding carboxylic acids is 1. The van der Waals surface area contributed by atoms with Crippen LogP contribution >= 0.6 is 0 Å². The summed E-state index contributed by atoms with van der Waals surface area (Å²) >= 11 is 0. The van der Waals surface area contributed by atoms with E-state index in [9.17, 15) is 25.2 Å². The normalized spacial score (nSPS) is 36.3. The minimum atomic E-state index is -1.40. The Labute approximate surface area is 167 Å². The van der Waals surface area contributed by atoms with Crippen LogP contribution in [0.5, 0.6) is 17.2 Å². The summed E-state index contributed by atoms with van der Waals surface area (Å²) in [5.41, 5.74) is 0.528. The SMILES string of the molecule is O=C1N[C@H]2C(O)[C@H](O)[C@@H](O)[C@H](NC3CCCCC3)[C@@H]2c2cc3c(c(O)c21)OCO3. The summed E-state index contributed by atoms with van der Waals surface area (Å²) in [5.74, 6) is -0.987. The molecule has 1 aromatic carbocycles. The van der Waals surface area contributed by atoms with E-state index in [0.29, 0.717) is 11.3 Å². The first kappa shape index (κ1) is 18.9. The first-order valence-electron chi connectivity index (χ1n) is 10.2. The highest BCUT2D eigenvalue weighted by Crippen LogP contribution is 2.50. The number of fused-ring (bicyclic) bond motifs is 4. The molecule has 0 radical (unpaired) electrons. The third-order valence-electron chi connectivity index (χ3n) is 6.80. The third kappa shape index (κ3) is 2.87. The number of hydrogen-bond acceptors (Lipinski definition) is 8. The zero-order chi connectivity index (χ0) is 20.3. The van der Waals surface area contributed by atoms with Crippen LogP contribution in [-0.4, -0.2) is 69.6 Å². The number of phenols is 1. The molecule has 158 valence electrons. The molecule has 29 heavy (non-hydrogen) atoms. The molecular weight excluding hydrogens is 380 g/mol. The van der Waals surface area contributed by atoms with Crippen molar-refractivity contribution in [3.63, 3.8) is 0 Å². The molecule has 2 aliphatic carbocycles. The zero-order valence-corrected chi connectivity index (χ0v) is 15.9. The van der Waals surface area contributed by atoms with Gasteiger partial charge in [0.15, 0.2) is 11.5 Å². The Kier molecular flexibility index (Phi) is 4.58. The number of hydrogen-bond donors (Lipinski definition) is 6. The first-order valence-corrected chi connectivity index (χ1v) is 10.2. The topological polar surface area (TPSA) is 141 Å². The molecule has 4 aliphatic rings. The number of aromatic hydroxyl groups is 1. The van der Waals surface area contributed by atoms with Gasteiger partial charge in [0.05, 0.1) is 17.7 Å². The molecule has 0 spiro atoms. The molecule has 0 aromatic heterocycles. The van der Waals surface area contributed by atoms with Gasteiger partial charge in [-0.25, -0.2) is 0 Å². The van der Waals surface area contributed by atoms with Crippen molar-refractivity contribution in [3.05, 3.63) is 17.2 Å². The van der Waals surface area contributed by atoms with Crippen LogP contribution in [0.4, 0.5) is 0 Å². The number of rotatable bonds is 2. The highest BCUT2D eigenvalue weighted by atomic mass is 16.7. The van der Waals surface area contributed by atoms with Crippen LogP contribution in [0.3, 0.4) is 0 Å². The van der Waals surface area contributed by atoms with Gasteiger partial charge in [-0.3, -0.25) is 4.79 Å². The highest BCUT2D eigenvalue weighted by Gasteiger charge is 2.54. The van der Waals surface area contributed by atoms with Gasteiger partial charge in [-0.2, -0.15) is 0 Å². The van der Waals surface area contributed by atoms with Gasteiger partial charge in [-0.1, -0.05) is 19.3 Å². The highest BCUT2D eigenvalue weighted by molar-refractivity contribution is 6.01. The van der Waals surface area contributed by atoms with Crippen LogP contribution in [0.1, 0.15) is 53.9 Å². The summed E-state index contributed by atoms with van der Waals surface area (Å²) in [4.78, 5) is 12.7. The molecule has 6 atom stereocenters. The summed E-state index contributed by atoms with van der Waals surface area (Å²) in [6.07, 6.45) is 1.30. The summed E-state index contributed by atoms with van der Waals surface area (Å²) < 4.78 is 10.7. The van der Waals surface area contributed by atoms with Crippen LogP contribution in [0.2, 0.25) is 0 Å². The summed E-state index contributed by atoms with van der Waals surface area (Å²) in [5, 5.41) is 48.7. The number of ether oxygens (including phenoxy) is 2. The van der Waals surface area contributed by atoms with Crippen molar-refractivity contribution in [1.82, 2.24) is 10.6 Å². The van der Waals surface area contributed by atoms with Crippen molar-refractivity contribution >= 4 is 5.91 Å². The maximum Gasteiger partial charge on any atom is 0.255 e. The van der Waals surface area contributed by atoms with Gasteiger partial charge in [0.1, 0.15) is 12.2 Å². The Morgan fingerprint density at radius 2 is 1.79 bits per heavy atom. The van der Waals surface area contributed by atoms with E-state index in [1.54, 1.807) is 6.07 Å². The molecule has 2 aliphatic heterocycles. The van der Waals surface area contributed by atoms with Crippen molar-refractivity contribution < 1.29 is 34.7 Å². The minimum absolute atomic E-state index is 0.0572. The van der Waals surface area contributed by atoms with E-state index in [-0.39, 0.29) is 29.9 Å². The van der Waals surface area contributed by atoms with Crippen LogP contribution in [0.15, 0.2) is 6.07 Å². The van der Waals surface area contributed by atoms with Crippen LogP contribution in [0, 0.1) is 0 Å². The summed E-state index contributed by atoms with van der Waals surface area (Å²) in [7, 11) is 0. The Bertz CT molecular complexity index is 826. The molecule has 0 bridgehead atoms. The molecule has 6 N–H and O–H groups in total. The fourth-order valence-corrected chi connectivity index (χ4v) is 5.35. The number of aliphatic hydroxyl groups is 3. The average Bonchev–Trinajstić information content (AvgIpc) is 3.19. The van der Waals surface area contributed by atoms with Crippen molar-refractivity contribution in [2.45, 2.75) is 74.5 Å². The van der Waals surface area contributed by atoms with E-state index in [4.69, 9.17) is 9.47 Å². The molecule has 0 saturated heterocycles. The van der Waals surface area contributed by atoms with E-state index >= 15 is 0 Å². The van der Waals surface area contributed by atoms with Gasteiger partial charge in [0.2, 0.25) is 12.5 Å². The van der Waals surface area contributed by atoms with Gasteiger partial charge >= 0.3 is 0 Å². The zero-order valence-electron chi connectivity index (χ0n) is 15.9. The maximum atomic E-state index is 12.7. The molecule has 9 heteroatoms. The second-order valence-corrected chi connectivity index (χ2v) is 8.45. The smallest absolute Gasteiger partial charge is 0.255 e. The van der Waals surface area contributed by atoms with Gasteiger partial charge in [-0.15, -0.1) is 0 Å². The van der Waals surface area contributed by atoms with Crippen molar-refractivity contribution in [3.8, 4) is 17.2 Å². The van der Waals surface area contributed by atoms with Crippen LogP contribution in [0.25, 0.3) is 0 Å². The van der Waals surface area contributed by atoms with E-state index in [2.05, 4.69) is 10.6 Å². The number of nitrogens with one attached hydrogen (secondary N) is 2. The Morgan fingerprint density at radius 1 is 1.03 bits per heavy atom. The van der Waals surface area contributed by atoms with Crippen LogP contribution in [-0.2, 0) is 0 Å². The largest absolute Gasteiger partial charge is 0.504 e. The second-order valence-electron chi connectivity index (χ2n) is 8.45. The maximum absolute atomic E-state index is 12.7. The Morgan fingerprint density at radius 3 is 2.55 bits per heavy atom. The predicted octanol–water partition coefficient (Wildman–Crippen LogP) is -0.296. The lowest BCUT2D eigenvalue weighted by molar-refractivity contribution is -0.120. The number of carbonyl (C=O) groups is 1. The molecule has 1 amide bonds. The molecule has 1 aromatic rings. The number of phenolic OH excluding ortho intramolecular Hbond substituents is 1. The van der Waals surface area contributed by atoms with Gasteiger partial charge < -0.3 is 40.5 Å². The van der Waals surface area contributed by atoms with Gasteiger partial charge in [-0.05, 0) is 24.5 Å². The lowest BCUT2D eigenvalue weighted by Gasteiger charge is -2.50. The van der Waals surface area contributed by atoms with Gasteiger partial charge in [0, 0.05) is 18.0 Å². The second kappa shape index (κ2) is 7.02. The van der Waals surface area contributed by atoms with E-state index in [1.807, 2.05) is 0 Å². The lowest BCUT2D eigenvalue weighted by atomic mass is 9.68. The molecule has 9 nitrogen and oxygen atoms in total. The number of benzene rings is 1. The van der Waals surface area contributed by atoms with Crippen LogP contribution < -0.4 is 20.1 Å². The molecule has 2 saturated carbocycles. The molecule has 2 fully saturated rings. The Balaban J connectivity index is 1.60. The predicted molar refractivity (Wildman–Crippen MR) is 100 cm³/mol. The summed E-state index contributed by atoms with van der Waals surface area (Å²) in [6, 6.07) is 0.394. The van der Waals surface area contributed by atoms with Crippen molar-refractivity contribution in [2.24, 2.45) is 0 Å². The van der Waals surface area contributed by atoms with Gasteiger partial charge in [0.25, 0.3) is 5.91 Å². The first-order chi connectivity index (χ1) is 14.0. The Hall–Kier alpha value is -2.07. The molecule has 1 unspecified atom stereocenters. The fourth-order valence-electron chi connectivity index (χ4n) is 5.35. The van der Waals surface area contributed by atoms with E-state index in [0.717, 1.165) is 25.7 Å².